The van der Waals surface area contributed by atoms with Gasteiger partial charge in [0.1, 0.15) is 5.82 Å². The summed E-state index contributed by atoms with van der Waals surface area (Å²) in [6.45, 7) is 2.76. The summed E-state index contributed by atoms with van der Waals surface area (Å²) in [5.74, 6) is 0.382. The monoisotopic (exact) mass is 360 g/mol. The van der Waals surface area contributed by atoms with E-state index in [4.69, 9.17) is 0 Å². The second-order valence-electron chi connectivity index (χ2n) is 6.36. The quantitative estimate of drug-likeness (QED) is 0.612. The van der Waals surface area contributed by atoms with Gasteiger partial charge in [0.15, 0.2) is 0 Å². The molecule has 0 aliphatic carbocycles. The first kappa shape index (κ1) is 18.6. The van der Waals surface area contributed by atoms with Crippen molar-refractivity contribution in [2.75, 3.05) is 10.6 Å². The van der Waals surface area contributed by atoms with Crippen LogP contribution in [-0.2, 0) is 13.0 Å². The number of unbranched alkanes of at least 4 members (excludes halogenated alkanes) is 1. The third-order valence-electron chi connectivity index (χ3n) is 4.29. The van der Waals surface area contributed by atoms with Crippen LogP contribution in [0.1, 0.15) is 41.3 Å². The number of carbonyl (C=O) groups is 1. The Morgan fingerprint density at radius 3 is 2.48 bits per heavy atom. The predicted octanol–water partition coefficient (Wildman–Crippen LogP) is 4.68. The minimum atomic E-state index is -0.179. The van der Waals surface area contributed by atoms with Crippen LogP contribution in [0.4, 0.5) is 11.5 Å². The van der Waals surface area contributed by atoms with E-state index in [1.807, 2.05) is 24.3 Å². The zero-order valence-corrected chi connectivity index (χ0v) is 15.5. The Bertz CT molecular complexity index is 863. The Labute approximate surface area is 159 Å². The maximum Gasteiger partial charge on any atom is 0.259 e. The molecule has 0 saturated heterocycles. The highest BCUT2D eigenvalue weighted by Gasteiger charge is 2.12. The van der Waals surface area contributed by atoms with Crippen LogP contribution < -0.4 is 10.6 Å². The highest BCUT2D eigenvalue weighted by atomic mass is 16.1. The predicted molar refractivity (Wildman–Crippen MR) is 109 cm³/mol. The number of amides is 1. The maximum absolute atomic E-state index is 12.7. The van der Waals surface area contributed by atoms with Gasteiger partial charge in [-0.3, -0.25) is 9.78 Å². The molecule has 1 aromatic carbocycles. The Kier molecular flexibility index (Phi) is 6.52. The van der Waals surface area contributed by atoms with E-state index in [9.17, 15) is 4.79 Å². The Balaban J connectivity index is 1.66. The Morgan fingerprint density at radius 2 is 1.74 bits per heavy atom. The van der Waals surface area contributed by atoms with Crippen molar-refractivity contribution in [2.24, 2.45) is 0 Å². The second-order valence-corrected chi connectivity index (χ2v) is 6.36. The first-order chi connectivity index (χ1) is 13.3. The van der Waals surface area contributed by atoms with E-state index in [0.717, 1.165) is 17.7 Å². The van der Waals surface area contributed by atoms with Crippen LogP contribution in [0.2, 0.25) is 0 Å². The van der Waals surface area contributed by atoms with Gasteiger partial charge in [0.25, 0.3) is 5.91 Å². The number of rotatable bonds is 8. The molecule has 0 unspecified atom stereocenters. The lowest BCUT2D eigenvalue weighted by atomic mass is 10.1. The molecule has 2 heterocycles. The van der Waals surface area contributed by atoms with Crippen molar-refractivity contribution in [3.8, 4) is 0 Å². The smallest absolute Gasteiger partial charge is 0.259 e. The Morgan fingerprint density at radius 1 is 0.963 bits per heavy atom. The lowest BCUT2D eigenvalue weighted by Gasteiger charge is -2.11. The number of hydrogen-bond donors (Lipinski definition) is 2. The maximum atomic E-state index is 12.7. The standard InChI is InChI=1S/C22H24N4O/c1-2-3-5-17-7-9-19(10-8-17)26-22(27)20-6-4-13-24-21(20)25-16-18-11-14-23-15-12-18/h4,6-15H,2-3,5,16H2,1H3,(H,24,25)(H,26,27). The number of nitrogens with zero attached hydrogens (tertiary/aromatic N) is 2. The molecule has 0 atom stereocenters. The average molecular weight is 360 g/mol. The molecule has 3 aromatic rings. The van der Waals surface area contributed by atoms with Gasteiger partial charge < -0.3 is 10.6 Å². The Hall–Kier alpha value is -3.21. The molecule has 0 radical (unpaired) electrons. The second kappa shape index (κ2) is 9.48. The molecule has 27 heavy (non-hydrogen) atoms. The zero-order valence-electron chi connectivity index (χ0n) is 15.5. The molecular formula is C22H24N4O. The number of anilines is 2. The van der Waals surface area contributed by atoms with E-state index in [1.165, 1.54) is 18.4 Å². The summed E-state index contributed by atoms with van der Waals surface area (Å²) in [5, 5.41) is 6.18. The molecule has 0 aliphatic rings. The number of carbonyl (C=O) groups excluding carboxylic acids is 1. The van der Waals surface area contributed by atoms with E-state index in [2.05, 4.69) is 39.7 Å². The van der Waals surface area contributed by atoms with Gasteiger partial charge in [-0.15, -0.1) is 0 Å². The third-order valence-corrected chi connectivity index (χ3v) is 4.29. The van der Waals surface area contributed by atoms with Crippen LogP contribution in [0, 0.1) is 0 Å². The summed E-state index contributed by atoms with van der Waals surface area (Å²) in [5.41, 5.74) is 3.66. The molecular weight excluding hydrogens is 336 g/mol. The molecule has 0 spiro atoms. The fourth-order valence-corrected chi connectivity index (χ4v) is 2.75. The van der Waals surface area contributed by atoms with Gasteiger partial charge in [0, 0.05) is 30.8 Å². The minimum absolute atomic E-state index is 0.179. The van der Waals surface area contributed by atoms with Gasteiger partial charge in [-0.2, -0.15) is 0 Å². The van der Waals surface area contributed by atoms with Gasteiger partial charge in [-0.05, 0) is 60.4 Å². The first-order valence-electron chi connectivity index (χ1n) is 9.24. The van der Waals surface area contributed by atoms with Gasteiger partial charge in [0.2, 0.25) is 0 Å². The van der Waals surface area contributed by atoms with Crippen LogP contribution in [0.15, 0.2) is 67.1 Å². The molecule has 3 rings (SSSR count). The first-order valence-corrected chi connectivity index (χ1v) is 9.24. The molecule has 138 valence electrons. The van der Waals surface area contributed by atoms with Crippen molar-refractivity contribution in [1.82, 2.24) is 9.97 Å². The van der Waals surface area contributed by atoms with Crippen molar-refractivity contribution in [2.45, 2.75) is 32.7 Å². The van der Waals surface area contributed by atoms with Crippen LogP contribution in [0.25, 0.3) is 0 Å². The fraction of sp³-hybridized carbons (Fsp3) is 0.227. The van der Waals surface area contributed by atoms with E-state index in [1.54, 1.807) is 30.7 Å². The molecule has 0 saturated carbocycles. The van der Waals surface area contributed by atoms with E-state index in [-0.39, 0.29) is 5.91 Å². The normalized spacial score (nSPS) is 10.4. The summed E-state index contributed by atoms with van der Waals surface area (Å²) >= 11 is 0. The fourth-order valence-electron chi connectivity index (χ4n) is 2.75. The largest absolute Gasteiger partial charge is 0.365 e. The average Bonchev–Trinajstić information content (AvgIpc) is 2.72. The number of pyridine rings is 2. The van der Waals surface area contributed by atoms with Gasteiger partial charge in [-0.1, -0.05) is 25.5 Å². The van der Waals surface area contributed by atoms with Gasteiger partial charge in [-0.25, -0.2) is 4.98 Å². The van der Waals surface area contributed by atoms with Crippen LogP contribution in [-0.4, -0.2) is 15.9 Å². The number of benzene rings is 1. The molecule has 2 aromatic heterocycles. The number of aromatic nitrogens is 2. The molecule has 0 aliphatic heterocycles. The SMILES string of the molecule is CCCCc1ccc(NC(=O)c2cccnc2NCc2ccncc2)cc1. The topological polar surface area (TPSA) is 66.9 Å². The van der Waals surface area contributed by atoms with Crippen molar-refractivity contribution >= 4 is 17.4 Å². The number of nitrogens with one attached hydrogen (secondary N) is 2. The molecule has 0 fully saturated rings. The van der Waals surface area contributed by atoms with Gasteiger partial charge in [0.05, 0.1) is 5.56 Å². The summed E-state index contributed by atoms with van der Waals surface area (Å²) < 4.78 is 0. The number of aryl methyl sites for hydroxylation is 1. The van der Waals surface area contributed by atoms with E-state index in [0.29, 0.717) is 17.9 Å². The molecule has 5 heteroatoms. The number of hydrogen-bond acceptors (Lipinski definition) is 4. The van der Waals surface area contributed by atoms with Crippen molar-refractivity contribution in [3.63, 3.8) is 0 Å². The van der Waals surface area contributed by atoms with Crippen LogP contribution in [0.5, 0.6) is 0 Å². The van der Waals surface area contributed by atoms with Gasteiger partial charge >= 0.3 is 0 Å². The third kappa shape index (κ3) is 5.38. The molecule has 0 bridgehead atoms. The summed E-state index contributed by atoms with van der Waals surface area (Å²) in [6, 6.07) is 15.4. The lowest BCUT2D eigenvalue weighted by molar-refractivity contribution is 0.102. The van der Waals surface area contributed by atoms with Crippen LogP contribution >= 0.6 is 0 Å². The lowest BCUT2D eigenvalue weighted by Crippen LogP contribution is -2.15. The summed E-state index contributed by atoms with van der Waals surface area (Å²) in [6.07, 6.45) is 8.58. The van der Waals surface area contributed by atoms with E-state index >= 15 is 0 Å². The molecule has 1 amide bonds. The minimum Gasteiger partial charge on any atom is -0.365 e. The highest BCUT2D eigenvalue weighted by Crippen LogP contribution is 2.17. The molecule has 5 nitrogen and oxygen atoms in total. The summed E-state index contributed by atoms with van der Waals surface area (Å²) in [7, 11) is 0. The van der Waals surface area contributed by atoms with E-state index < -0.39 is 0 Å². The van der Waals surface area contributed by atoms with Crippen molar-refractivity contribution in [1.29, 1.82) is 0 Å². The highest BCUT2D eigenvalue weighted by molar-refractivity contribution is 6.07. The zero-order chi connectivity index (χ0) is 18.9. The van der Waals surface area contributed by atoms with Crippen molar-refractivity contribution in [3.05, 3.63) is 83.8 Å². The van der Waals surface area contributed by atoms with Crippen molar-refractivity contribution < 1.29 is 4.79 Å². The van der Waals surface area contributed by atoms with Crippen LogP contribution in [0.3, 0.4) is 0 Å². The summed E-state index contributed by atoms with van der Waals surface area (Å²) in [4.78, 5) is 21.0. The molecule has 2 N–H and O–H groups in total.